The Balaban J connectivity index is 1.69. The highest BCUT2D eigenvalue weighted by atomic mass is 32.2. The molecule has 2 N–H and O–H groups in total. The van der Waals surface area contributed by atoms with Crippen molar-refractivity contribution in [3.05, 3.63) is 54.0 Å². The topological polar surface area (TPSA) is 105 Å². The van der Waals surface area contributed by atoms with Crippen molar-refractivity contribution in [1.29, 1.82) is 0 Å². The molecule has 0 aliphatic heterocycles. The fraction of sp³-hybridized carbons (Fsp3) is 0.455. The first-order valence-corrected chi connectivity index (χ1v) is 11.8. The Morgan fingerprint density at radius 2 is 1.70 bits per heavy atom. The van der Waals surface area contributed by atoms with Gasteiger partial charge in [0.25, 0.3) is 0 Å². The maximum absolute atomic E-state index is 13.2. The summed E-state index contributed by atoms with van der Waals surface area (Å²) in [4.78, 5) is 24.8. The van der Waals surface area contributed by atoms with Crippen molar-refractivity contribution in [2.45, 2.75) is 61.6 Å². The van der Waals surface area contributed by atoms with Crippen LogP contribution in [0, 0.1) is 6.92 Å². The highest BCUT2D eigenvalue weighted by Gasteiger charge is 2.32. The lowest BCUT2D eigenvalue weighted by Crippen LogP contribution is -2.45. The first-order valence-electron chi connectivity index (χ1n) is 10.3. The van der Waals surface area contributed by atoms with E-state index in [-0.39, 0.29) is 23.2 Å². The van der Waals surface area contributed by atoms with Gasteiger partial charge in [0, 0.05) is 12.6 Å². The van der Waals surface area contributed by atoms with Gasteiger partial charge in [0.15, 0.2) is 9.84 Å². The number of benzene rings is 1. The molecule has 1 aliphatic carbocycles. The number of aryl methyl sites for hydroxylation is 1. The lowest BCUT2D eigenvalue weighted by molar-refractivity contribution is -0.139. The van der Waals surface area contributed by atoms with Gasteiger partial charge in [-0.15, -0.1) is 0 Å². The Morgan fingerprint density at radius 3 is 2.30 bits per heavy atom. The molecule has 30 heavy (non-hydrogen) atoms. The SMILES string of the molecule is Cc1ccc(S(=O)(=O)C(CNC(=O)C(=O)NC2CCCCCC2)c2ccco2)cc1. The zero-order valence-electron chi connectivity index (χ0n) is 17.1. The van der Waals surface area contributed by atoms with E-state index in [9.17, 15) is 18.0 Å². The van der Waals surface area contributed by atoms with E-state index < -0.39 is 26.9 Å². The first-order chi connectivity index (χ1) is 14.4. The Bertz CT molecular complexity index is 944. The predicted molar refractivity (Wildman–Crippen MR) is 112 cm³/mol. The predicted octanol–water partition coefficient (Wildman–Crippen LogP) is 3.06. The molecule has 2 aromatic rings. The van der Waals surface area contributed by atoms with Crippen LogP contribution in [0.5, 0.6) is 0 Å². The van der Waals surface area contributed by atoms with Crippen LogP contribution >= 0.6 is 0 Å². The third kappa shape index (κ3) is 5.50. The number of furan rings is 1. The van der Waals surface area contributed by atoms with Crippen molar-refractivity contribution in [3.63, 3.8) is 0 Å². The first kappa shape index (κ1) is 22.1. The van der Waals surface area contributed by atoms with Crippen molar-refractivity contribution in [1.82, 2.24) is 10.6 Å². The number of sulfone groups is 1. The smallest absolute Gasteiger partial charge is 0.309 e. The summed E-state index contributed by atoms with van der Waals surface area (Å²) < 4.78 is 31.7. The van der Waals surface area contributed by atoms with Crippen LogP contribution in [0.2, 0.25) is 0 Å². The number of amides is 2. The van der Waals surface area contributed by atoms with Crippen LogP contribution in [0.15, 0.2) is 52.0 Å². The highest BCUT2D eigenvalue weighted by molar-refractivity contribution is 7.91. The highest BCUT2D eigenvalue weighted by Crippen LogP contribution is 2.29. The van der Waals surface area contributed by atoms with Gasteiger partial charge in [-0.2, -0.15) is 0 Å². The molecule has 7 nitrogen and oxygen atoms in total. The molecule has 0 saturated heterocycles. The normalized spacial score (nSPS) is 16.4. The Kier molecular flexibility index (Phi) is 7.31. The van der Waals surface area contributed by atoms with Crippen molar-refractivity contribution in [3.8, 4) is 0 Å². The van der Waals surface area contributed by atoms with Gasteiger partial charge in [0.05, 0.1) is 11.2 Å². The summed E-state index contributed by atoms with van der Waals surface area (Å²) in [5.41, 5.74) is 0.937. The summed E-state index contributed by atoms with van der Waals surface area (Å²) in [5, 5.41) is 4.11. The van der Waals surface area contributed by atoms with Gasteiger partial charge in [0.2, 0.25) is 0 Å². The van der Waals surface area contributed by atoms with Crippen LogP contribution in [0.4, 0.5) is 0 Å². The minimum absolute atomic E-state index is 0.0112. The standard InChI is InChI=1S/C22H28N2O5S/c1-16-10-12-18(13-11-16)30(27,28)20(19-9-6-14-29-19)15-23-21(25)22(26)24-17-7-4-2-3-5-8-17/h6,9-14,17,20H,2-5,7-8,15H2,1H3,(H,23,25)(H,24,26). The number of rotatable bonds is 6. The van der Waals surface area contributed by atoms with Gasteiger partial charge < -0.3 is 15.1 Å². The Hall–Kier alpha value is -2.61. The zero-order valence-corrected chi connectivity index (χ0v) is 17.9. The molecule has 3 rings (SSSR count). The summed E-state index contributed by atoms with van der Waals surface area (Å²) in [7, 11) is -3.83. The third-order valence-corrected chi connectivity index (χ3v) is 7.51. The van der Waals surface area contributed by atoms with Crippen LogP contribution in [0.3, 0.4) is 0 Å². The molecule has 1 fully saturated rings. The van der Waals surface area contributed by atoms with E-state index in [4.69, 9.17) is 4.42 Å². The van der Waals surface area contributed by atoms with E-state index in [1.165, 1.54) is 18.4 Å². The molecule has 1 heterocycles. The second-order valence-electron chi connectivity index (χ2n) is 7.73. The molecule has 1 aliphatic rings. The van der Waals surface area contributed by atoms with Crippen molar-refractivity contribution < 1.29 is 22.4 Å². The van der Waals surface area contributed by atoms with E-state index in [2.05, 4.69) is 10.6 Å². The summed E-state index contributed by atoms with van der Waals surface area (Å²) in [6.45, 7) is 1.61. The molecule has 1 saturated carbocycles. The molecule has 1 aromatic carbocycles. The molecule has 162 valence electrons. The Labute approximate surface area is 177 Å². The second-order valence-corrected chi connectivity index (χ2v) is 9.86. The van der Waals surface area contributed by atoms with Crippen molar-refractivity contribution >= 4 is 21.7 Å². The molecule has 0 radical (unpaired) electrons. The van der Waals surface area contributed by atoms with Crippen LogP contribution < -0.4 is 10.6 Å². The molecule has 2 amide bonds. The number of carbonyl (C=O) groups is 2. The molecular weight excluding hydrogens is 404 g/mol. The van der Waals surface area contributed by atoms with Gasteiger partial charge in [-0.25, -0.2) is 8.42 Å². The van der Waals surface area contributed by atoms with Crippen LogP contribution in [0.25, 0.3) is 0 Å². The van der Waals surface area contributed by atoms with E-state index >= 15 is 0 Å². The van der Waals surface area contributed by atoms with Crippen LogP contribution in [-0.2, 0) is 19.4 Å². The van der Waals surface area contributed by atoms with E-state index in [1.54, 1.807) is 24.3 Å². The molecule has 0 spiro atoms. The molecule has 1 aromatic heterocycles. The fourth-order valence-electron chi connectivity index (χ4n) is 3.67. The quantitative estimate of drug-likeness (QED) is 0.539. The monoisotopic (exact) mass is 432 g/mol. The molecular formula is C22H28N2O5S. The van der Waals surface area contributed by atoms with E-state index in [1.807, 2.05) is 6.92 Å². The van der Waals surface area contributed by atoms with Gasteiger partial charge >= 0.3 is 11.8 Å². The maximum atomic E-state index is 13.2. The van der Waals surface area contributed by atoms with E-state index in [0.29, 0.717) is 0 Å². The van der Waals surface area contributed by atoms with Crippen molar-refractivity contribution in [2.24, 2.45) is 0 Å². The average Bonchev–Trinajstić information content (AvgIpc) is 3.12. The number of hydrogen-bond acceptors (Lipinski definition) is 5. The minimum Gasteiger partial charge on any atom is -0.468 e. The van der Waals surface area contributed by atoms with E-state index in [0.717, 1.165) is 44.1 Å². The van der Waals surface area contributed by atoms with Crippen LogP contribution in [-0.4, -0.2) is 32.8 Å². The van der Waals surface area contributed by atoms with Crippen molar-refractivity contribution in [2.75, 3.05) is 6.54 Å². The third-order valence-electron chi connectivity index (χ3n) is 5.43. The average molecular weight is 433 g/mol. The molecule has 1 unspecified atom stereocenters. The Morgan fingerprint density at radius 1 is 1.03 bits per heavy atom. The second kappa shape index (κ2) is 9.93. The van der Waals surface area contributed by atoms with Gasteiger partial charge in [-0.3, -0.25) is 9.59 Å². The van der Waals surface area contributed by atoms with Gasteiger partial charge in [-0.1, -0.05) is 43.4 Å². The van der Waals surface area contributed by atoms with Gasteiger partial charge in [-0.05, 0) is 44.0 Å². The largest absolute Gasteiger partial charge is 0.468 e. The number of carbonyl (C=O) groups excluding carboxylic acids is 2. The summed E-state index contributed by atoms with van der Waals surface area (Å²) in [6, 6.07) is 9.61. The molecule has 8 heteroatoms. The van der Waals surface area contributed by atoms with Gasteiger partial charge in [0.1, 0.15) is 11.0 Å². The summed E-state index contributed by atoms with van der Waals surface area (Å²) >= 11 is 0. The lowest BCUT2D eigenvalue weighted by atomic mass is 10.1. The number of nitrogens with one attached hydrogen (secondary N) is 2. The summed E-state index contributed by atoms with van der Waals surface area (Å²) in [5.74, 6) is -1.36. The molecule has 1 atom stereocenters. The minimum atomic E-state index is -3.83. The fourth-order valence-corrected chi connectivity index (χ4v) is 5.26. The number of hydrogen-bond donors (Lipinski definition) is 2. The van der Waals surface area contributed by atoms with Crippen LogP contribution in [0.1, 0.15) is 55.1 Å². The zero-order chi connectivity index (χ0) is 21.6. The molecule has 0 bridgehead atoms. The maximum Gasteiger partial charge on any atom is 0.309 e. The lowest BCUT2D eigenvalue weighted by Gasteiger charge is -2.18. The summed E-state index contributed by atoms with van der Waals surface area (Å²) in [6.07, 6.45) is 7.43.